The van der Waals surface area contributed by atoms with Gasteiger partial charge in [0.2, 0.25) is 0 Å². The van der Waals surface area contributed by atoms with E-state index in [1.165, 1.54) is 32.4 Å². The summed E-state index contributed by atoms with van der Waals surface area (Å²) in [6.45, 7) is 1.10. The van der Waals surface area contributed by atoms with Crippen LogP contribution in [0.4, 0.5) is 4.39 Å². The van der Waals surface area contributed by atoms with Gasteiger partial charge in [0.1, 0.15) is 11.6 Å². The van der Waals surface area contributed by atoms with Crippen molar-refractivity contribution in [1.29, 1.82) is 0 Å². The average molecular weight is 393 g/mol. The molecule has 0 saturated heterocycles. The zero-order valence-corrected chi connectivity index (χ0v) is 13.9. The summed E-state index contributed by atoms with van der Waals surface area (Å²) < 4.78 is 18.6. The van der Waals surface area contributed by atoms with Crippen LogP contribution in [0, 0.1) is 11.7 Å². The number of nitrogens with two attached hydrogens (primary N) is 1. The van der Waals surface area contributed by atoms with Gasteiger partial charge in [-0.05, 0) is 24.8 Å². The van der Waals surface area contributed by atoms with Gasteiger partial charge in [0.15, 0.2) is 5.96 Å². The molecule has 6 heteroatoms. The highest BCUT2D eigenvalue weighted by Gasteiger charge is 2.16. The van der Waals surface area contributed by atoms with Crippen LogP contribution >= 0.6 is 24.0 Å². The van der Waals surface area contributed by atoms with Crippen LogP contribution in [0.3, 0.4) is 0 Å². The molecule has 0 aromatic heterocycles. The van der Waals surface area contributed by atoms with Gasteiger partial charge in [0.25, 0.3) is 0 Å². The summed E-state index contributed by atoms with van der Waals surface area (Å²) in [7, 11) is 1.51. The molecule has 1 aliphatic rings. The highest BCUT2D eigenvalue weighted by molar-refractivity contribution is 14.0. The van der Waals surface area contributed by atoms with Crippen molar-refractivity contribution in [2.24, 2.45) is 16.6 Å². The standard InChI is InChI=1S/C14H20FN3O.HI/c1-19-12-6-5-11(13(15)7-12)9-18-14(16)17-8-10-3-2-4-10;/h5-7,10H,2-4,8-9H2,1H3,(H3,16,17,18);1H. The Labute approximate surface area is 136 Å². The molecule has 2 rings (SSSR count). The van der Waals surface area contributed by atoms with Crippen molar-refractivity contribution in [3.05, 3.63) is 29.6 Å². The van der Waals surface area contributed by atoms with E-state index in [4.69, 9.17) is 10.5 Å². The lowest BCUT2D eigenvalue weighted by Gasteiger charge is -2.25. The van der Waals surface area contributed by atoms with Gasteiger partial charge in [-0.3, -0.25) is 0 Å². The SMILES string of the molecule is COc1ccc(CN=C(N)NCC2CCC2)c(F)c1.I. The number of hydrogen-bond donors (Lipinski definition) is 2. The molecule has 0 unspecified atom stereocenters. The molecule has 20 heavy (non-hydrogen) atoms. The molecule has 1 saturated carbocycles. The maximum absolute atomic E-state index is 13.7. The Balaban J connectivity index is 0.00000200. The Kier molecular flexibility index (Phi) is 7.04. The number of hydrogen-bond acceptors (Lipinski definition) is 2. The molecule has 1 aliphatic carbocycles. The summed E-state index contributed by atoms with van der Waals surface area (Å²) in [4.78, 5) is 4.14. The Morgan fingerprint density at radius 1 is 1.50 bits per heavy atom. The number of aliphatic imine (C=N–C) groups is 1. The Morgan fingerprint density at radius 3 is 2.80 bits per heavy atom. The summed E-state index contributed by atoms with van der Waals surface area (Å²) in [5.41, 5.74) is 6.26. The van der Waals surface area contributed by atoms with Crippen molar-refractivity contribution in [2.45, 2.75) is 25.8 Å². The van der Waals surface area contributed by atoms with Crippen LogP contribution in [0.2, 0.25) is 0 Å². The first-order valence-corrected chi connectivity index (χ1v) is 6.55. The quantitative estimate of drug-likeness (QED) is 0.460. The minimum absolute atomic E-state index is 0. The fourth-order valence-corrected chi connectivity index (χ4v) is 1.96. The fraction of sp³-hybridized carbons (Fsp3) is 0.500. The molecule has 112 valence electrons. The lowest BCUT2D eigenvalue weighted by Crippen LogP contribution is -2.37. The first-order chi connectivity index (χ1) is 9.19. The third-order valence-electron chi connectivity index (χ3n) is 3.48. The van der Waals surface area contributed by atoms with Crippen LogP contribution in [-0.4, -0.2) is 19.6 Å². The zero-order chi connectivity index (χ0) is 13.7. The zero-order valence-electron chi connectivity index (χ0n) is 11.6. The molecule has 4 nitrogen and oxygen atoms in total. The molecule has 0 heterocycles. The second-order valence-corrected chi connectivity index (χ2v) is 4.84. The maximum atomic E-state index is 13.7. The second kappa shape index (κ2) is 8.28. The lowest BCUT2D eigenvalue weighted by molar-refractivity contribution is 0.315. The second-order valence-electron chi connectivity index (χ2n) is 4.84. The number of methoxy groups -OCH3 is 1. The van der Waals surface area contributed by atoms with E-state index >= 15 is 0 Å². The third-order valence-corrected chi connectivity index (χ3v) is 3.48. The van der Waals surface area contributed by atoms with Crippen LogP contribution in [0.1, 0.15) is 24.8 Å². The number of halogens is 2. The number of benzene rings is 1. The number of rotatable bonds is 5. The first-order valence-electron chi connectivity index (χ1n) is 6.55. The van der Waals surface area contributed by atoms with Gasteiger partial charge in [-0.1, -0.05) is 12.5 Å². The number of guanidine groups is 1. The molecule has 3 N–H and O–H groups in total. The van der Waals surface area contributed by atoms with Crippen LogP contribution in [0.5, 0.6) is 5.75 Å². The summed E-state index contributed by atoms with van der Waals surface area (Å²) in [6.07, 6.45) is 3.82. The van der Waals surface area contributed by atoms with Gasteiger partial charge in [0, 0.05) is 18.2 Å². The van der Waals surface area contributed by atoms with Gasteiger partial charge in [-0.25, -0.2) is 9.38 Å². The van der Waals surface area contributed by atoms with E-state index < -0.39 is 0 Å². The minimum atomic E-state index is -0.324. The molecule has 1 fully saturated rings. The van der Waals surface area contributed by atoms with Gasteiger partial charge in [-0.2, -0.15) is 0 Å². The normalized spacial score (nSPS) is 15.2. The molecule has 0 aliphatic heterocycles. The van der Waals surface area contributed by atoms with Crippen LogP contribution in [-0.2, 0) is 6.54 Å². The molecule has 0 spiro atoms. The molecular weight excluding hydrogens is 372 g/mol. The molecule has 1 aromatic carbocycles. The molecule has 0 radical (unpaired) electrons. The van der Waals surface area contributed by atoms with Crippen molar-refractivity contribution in [3.63, 3.8) is 0 Å². The van der Waals surface area contributed by atoms with Crippen molar-refractivity contribution < 1.29 is 9.13 Å². The van der Waals surface area contributed by atoms with E-state index in [9.17, 15) is 4.39 Å². The molecular formula is C14H21FIN3O. The van der Waals surface area contributed by atoms with E-state index in [1.807, 2.05) is 0 Å². The van der Waals surface area contributed by atoms with Crippen LogP contribution in [0.25, 0.3) is 0 Å². The predicted molar refractivity (Wildman–Crippen MR) is 89.0 cm³/mol. The third kappa shape index (κ3) is 4.81. The Hall–Kier alpha value is -1.05. The van der Waals surface area contributed by atoms with Gasteiger partial charge in [-0.15, -0.1) is 24.0 Å². The van der Waals surface area contributed by atoms with Crippen LogP contribution < -0.4 is 15.8 Å². The highest BCUT2D eigenvalue weighted by Crippen LogP contribution is 2.25. The Bertz CT molecular complexity index is 464. The topological polar surface area (TPSA) is 59.6 Å². The maximum Gasteiger partial charge on any atom is 0.188 e. The van der Waals surface area contributed by atoms with E-state index in [-0.39, 0.29) is 36.3 Å². The largest absolute Gasteiger partial charge is 0.497 e. The number of nitrogens with zero attached hydrogens (tertiary/aromatic N) is 1. The van der Waals surface area contributed by atoms with Gasteiger partial charge in [0.05, 0.1) is 13.7 Å². The minimum Gasteiger partial charge on any atom is -0.497 e. The average Bonchev–Trinajstić information content (AvgIpc) is 2.35. The van der Waals surface area contributed by atoms with E-state index in [0.717, 1.165) is 6.54 Å². The van der Waals surface area contributed by atoms with E-state index in [1.54, 1.807) is 12.1 Å². The number of nitrogens with one attached hydrogen (secondary N) is 1. The molecule has 0 amide bonds. The van der Waals surface area contributed by atoms with E-state index in [0.29, 0.717) is 23.2 Å². The van der Waals surface area contributed by atoms with Crippen molar-refractivity contribution >= 4 is 29.9 Å². The molecule has 1 aromatic rings. The van der Waals surface area contributed by atoms with Gasteiger partial charge >= 0.3 is 0 Å². The van der Waals surface area contributed by atoms with Crippen LogP contribution in [0.15, 0.2) is 23.2 Å². The predicted octanol–water partition coefficient (Wildman–Crippen LogP) is 2.66. The van der Waals surface area contributed by atoms with Crippen molar-refractivity contribution in [3.8, 4) is 5.75 Å². The highest BCUT2D eigenvalue weighted by atomic mass is 127. The lowest BCUT2D eigenvalue weighted by atomic mass is 9.85. The van der Waals surface area contributed by atoms with Crippen molar-refractivity contribution in [2.75, 3.05) is 13.7 Å². The number of ether oxygens (including phenoxy) is 1. The Morgan fingerprint density at radius 2 is 2.25 bits per heavy atom. The van der Waals surface area contributed by atoms with Crippen molar-refractivity contribution in [1.82, 2.24) is 5.32 Å². The summed E-state index contributed by atoms with van der Waals surface area (Å²) >= 11 is 0. The summed E-state index contributed by atoms with van der Waals surface area (Å²) in [5, 5.41) is 3.08. The van der Waals surface area contributed by atoms with E-state index in [2.05, 4.69) is 10.3 Å². The molecule has 0 bridgehead atoms. The molecule has 0 atom stereocenters. The fourth-order valence-electron chi connectivity index (χ4n) is 1.96. The summed E-state index contributed by atoms with van der Waals surface area (Å²) in [6, 6.07) is 4.73. The monoisotopic (exact) mass is 393 g/mol. The first kappa shape index (κ1) is 17.0. The summed E-state index contributed by atoms with van der Waals surface area (Å²) in [5.74, 6) is 1.27. The van der Waals surface area contributed by atoms with Gasteiger partial charge < -0.3 is 15.8 Å². The smallest absolute Gasteiger partial charge is 0.188 e.